The van der Waals surface area contributed by atoms with Gasteiger partial charge in [-0.3, -0.25) is 4.90 Å². The van der Waals surface area contributed by atoms with E-state index in [1.165, 1.54) is 0 Å². The van der Waals surface area contributed by atoms with Crippen molar-refractivity contribution in [1.82, 2.24) is 9.21 Å². The van der Waals surface area contributed by atoms with Gasteiger partial charge in [0.15, 0.2) is 0 Å². The Bertz CT molecular complexity index is 320. The zero-order valence-electron chi connectivity index (χ0n) is 11.6. The molecule has 0 radical (unpaired) electrons. The molecule has 1 heterocycles. The SMILES string of the molecule is CCCCS(=O)(=O)N1CCN(C(CC)CN)CC1. The highest BCUT2D eigenvalue weighted by Gasteiger charge is 2.28. The zero-order valence-corrected chi connectivity index (χ0v) is 12.5. The number of nitrogens with two attached hydrogens (primary N) is 1. The van der Waals surface area contributed by atoms with Crippen molar-refractivity contribution in [3.05, 3.63) is 0 Å². The third-order valence-corrected chi connectivity index (χ3v) is 5.64. The van der Waals surface area contributed by atoms with E-state index >= 15 is 0 Å². The van der Waals surface area contributed by atoms with Crippen LogP contribution in [-0.2, 0) is 10.0 Å². The first-order chi connectivity index (χ1) is 8.55. The average Bonchev–Trinajstić information content (AvgIpc) is 2.38. The third-order valence-electron chi connectivity index (χ3n) is 3.68. The second-order valence-corrected chi connectivity index (χ2v) is 6.99. The van der Waals surface area contributed by atoms with E-state index in [2.05, 4.69) is 11.8 Å². The number of rotatable bonds is 7. The van der Waals surface area contributed by atoms with E-state index in [4.69, 9.17) is 5.73 Å². The van der Waals surface area contributed by atoms with Gasteiger partial charge >= 0.3 is 0 Å². The van der Waals surface area contributed by atoms with Crippen LogP contribution in [0.2, 0.25) is 0 Å². The van der Waals surface area contributed by atoms with Gasteiger partial charge in [-0.25, -0.2) is 8.42 Å². The molecule has 1 atom stereocenters. The van der Waals surface area contributed by atoms with Crippen molar-refractivity contribution in [2.24, 2.45) is 5.73 Å². The predicted molar refractivity (Wildman–Crippen MR) is 75.0 cm³/mol. The van der Waals surface area contributed by atoms with Crippen molar-refractivity contribution in [2.75, 3.05) is 38.5 Å². The van der Waals surface area contributed by atoms with Crippen molar-refractivity contribution in [3.8, 4) is 0 Å². The van der Waals surface area contributed by atoms with Crippen LogP contribution in [0, 0.1) is 0 Å². The maximum absolute atomic E-state index is 12.0. The molecule has 0 aromatic rings. The molecule has 0 aromatic carbocycles. The van der Waals surface area contributed by atoms with Gasteiger partial charge in [0.1, 0.15) is 0 Å². The summed E-state index contributed by atoms with van der Waals surface area (Å²) in [6.07, 6.45) is 2.70. The Labute approximate surface area is 111 Å². The molecule has 0 amide bonds. The second-order valence-electron chi connectivity index (χ2n) is 4.90. The van der Waals surface area contributed by atoms with Crippen molar-refractivity contribution >= 4 is 10.0 Å². The van der Waals surface area contributed by atoms with Crippen LogP contribution in [0.25, 0.3) is 0 Å². The minimum absolute atomic E-state index is 0.289. The standard InChI is InChI=1S/C12H27N3O2S/c1-3-5-10-18(16,17)15-8-6-14(7-9-15)12(4-2)11-13/h12H,3-11,13H2,1-2H3. The monoisotopic (exact) mass is 277 g/mol. The first kappa shape index (κ1) is 15.9. The lowest BCUT2D eigenvalue weighted by Gasteiger charge is -2.38. The van der Waals surface area contributed by atoms with Gasteiger partial charge in [-0.1, -0.05) is 20.3 Å². The molecule has 1 saturated heterocycles. The van der Waals surface area contributed by atoms with E-state index in [1.54, 1.807) is 4.31 Å². The molecule has 1 unspecified atom stereocenters. The predicted octanol–water partition coefficient (Wildman–Crippen LogP) is 0.471. The third kappa shape index (κ3) is 4.19. The lowest BCUT2D eigenvalue weighted by atomic mass is 10.1. The van der Waals surface area contributed by atoms with Crippen LogP contribution in [-0.4, -0.2) is 62.1 Å². The molecule has 18 heavy (non-hydrogen) atoms. The van der Waals surface area contributed by atoms with Crippen molar-refractivity contribution < 1.29 is 8.42 Å². The van der Waals surface area contributed by atoms with E-state index in [0.29, 0.717) is 25.7 Å². The minimum atomic E-state index is -3.03. The minimum Gasteiger partial charge on any atom is -0.329 e. The summed E-state index contributed by atoms with van der Waals surface area (Å²) in [6.45, 7) is 7.63. The van der Waals surface area contributed by atoms with Crippen molar-refractivity contribution in [3.63, 3.8) is 0 Å². The van der Waals surface area contributed by atoms with Crippen LogP contribution in [0.1, 0.15) is 33.1 Å². The van der Waals surface area contributed by atoms with E-state index in [1.807, 2.05) is 6.92 Å². The fourth-order valence-corrected chi connectivity index (χ4v) is 4.01. The smallest absolute Gasteiger partial charge is 0.214 e. The topological polar surface area (TPSA) is 66.6 Å². The van der Waals surface area contributed by atoms with Gasteiger partial charge in [-0.15, -0.1) is 0 Å². The first-order valence-electron chi connectivity index (χ1n) is 6.97. The van der Waals surface area contributed by atoms with Gasteiger partial charge in [-0.2, -0.15) is 4.31 Å². The summed E-state index contributed by atoms with van der Waals surface area (Å²) in [7, 11) is -3.03. The van der Waals surface area contributed by atoms with E-state index < -0.39 is 10.0 Å². The summed E-state index contributed by atoms with van der Waals surface area (Å²) >= 11 is 0. The van der Waals surface area contributed by atoms with E-state index in [9.17, 15) is 8.42 Å². The Hall–Kier alpha value is -0.170. The van der Waals surface area contributed by atoms with Gasteiger partial charge in [0.25, 0.3) is 0 Å². The lowest BCUT2D eigenvalue weighted by Crippen LogP contribution is -2.53. The molecule has 0 spiro atoms. The van der Waals surface area contributed by atoms with Gasteiger partial charge in [0.2, 0.25) is 10.0 Å². The van der Waals surface area contributed by atoms with Gasteiger partial charge < -0.3 is 5.73 Å². The van der Waals surface area contributed by atoms with E-state index in [-0.39, 0.29) is 5.75 Å². The Morgan fingerprint density at radius 2 is 1.78 bits per heavy atom. The maximum Gasteiger partial charge on any atom is 0.214 e. The molecule has 0 aliphatic carbocycles. The lowest BCUT2D eigenvalue weighted by molar-refractivity contribution is 0.137. The van der Waals surface area contributed by atoms with Gasteiger partial charge in [0, 0.05) is 38.8 Å². The Balaban J connectivity index is 2.48. The fourth-order valence-electron chi connectivity index (χ4n) is 2.38. The molecule has 2 N–H and O–H groups in total. The highest BCUT2D eigenvalue weighted by Crippen LogP contribution is 2.13. The van der Waals surface area contributed by atoms with Crippen LogP contribution in [0.15, 0.2) is 0 Å². The van der Waals surface area contributed by atoms with E-state index in [0.717, 1.165) is 32.4 Å². The highest BCUT2D eigenvalue weighted by molar-refractivity contribution is 7.89. The van der Waals surface area contributed by atoms with Crippen molar-refractivity contribution in [2.45, 2.75) is 39.2 Å². The highest BCUT2D eigenvalue weighted by atomic mass is 32.2. The maximum atomic E-state index is 12.0. The number of hydrogen-bond acceptors (Lipinski definition) is 4. The molecule has 108 valence electrons. The molecule has 0 bridgehead atoms. The Morgan fingerprint density at radius 1 is 1.17 bits per heavy atom. The number of piperazine rings is 1. The average molecular weight is 277 g/mol. The molecule has 6 heteroatoms. The molecular weight excluding hydrogens is 250 g/mol. The summed E-state index contributed by atoms with van der Waals surface area (Å²) < 4.78 is 25.7. The first-order valence-corrected chi connectivity index (χ1v) is 8.58. The summed E-state index contributed by atoms with van der Waals surface area (Å²) in [6, 6.07) is 0.394. The number of nitrogens with zero attached hydrogens (tertiary/aromatic N) is 2. The molecule has 1 fully saturated rings. The van der Waals surface area contributed by atoms with Gasteiger partial charge in [0.05, 0.1) is 5.75 Å². The summed E-state index contributed by atoms with van der Waals surface area (Å²) in [5.74, 6) is 0.289. The Morgan fingerprint density at radius 3 is 2.22 bits per heavy atom. The molecule has 1 rings (SSSR count). The fraction of sp³-hybridized carbons (Fsp3) is 1.00. The second kappa shape index (κ2) is 7.43. The van der Waals surface area contributed by atoms with Crippen LogP contribution >= 0.6 is 0 Å². The number of sulfonamides is 1. The molecule has 1 aliphatic rings. The Kier molecular flexibility index (Phi) is 6.55. The van der Waals surface area contributed by atoms with Crippen LogP contribution in [0.5, 0.6) is 0 Å². The molecule has 0 aromatic heterocycles. The normalized spacial score (nSPS) is 21.1. The summed E-state index contributed by atoms with van der Waals surface area (Å²) in [4.78, 5) is 2.31. The number of hydrogen-bond donors (Lipinski definition) is 1. The quantitative estimate of drug-likeness (QED) is 0.734. The zero-order chi connectivity index (χ0) is 13.6. The summed E-state index contributed by atoms with van der Waals surface area (Å²) in [5.41, 5.74) is 5.73. The van der Waals surface area contributed by atoms with Crippen molar-refractivity contribution in [1.29, 1.82) is 0 Å². The molecule has 1 aliphatic heterocycles. The van der Waals surface area contributed by atoms with Crippen LogP contribution in [0.4, 0.5) is 0 Å². The largest absolute Gasteiger partial charge is 0.329 e. The van der Waals surface area contributed by atoms with Crippen LogP contribution < -0.4 is 5.73 Å². The van der Waals surface area contributed by atoms with Crippen LogP contribution in [0.3, 0.4) is 0 Å². The molecule has 0 saturated carbocycles. The number of unbranched alkanes of at least 4 members (excludes halogenated alkanes) is 1. The molecular formula is C12H27N3O2S. The summed E-state index contributed by atoms with van der Waals surface area (Å²) in [5, 5.41) is 0. The van der Waals surface area contributed by atoms with Gasteiger partial charge in [-0.05, 0) is 12.8 Å². The molecule has 5 nitrogen and oxygen atoms in total.